The van der Waals surface area contributed by atoms with Crippen molar-refractivity contribution in [1.29, 1.82) is 0 Å². The normalized spacial score (nSPS) is 35.3. The maximum absolute atomic E-state index is 10.2. The van der Waals surface area contributed by atoms with Crippen molar-refractivity contribution in [2.75, 3.05) is 0 Å². The molecule has 0 saturated heterocycles. The molecule has 0 bridgehead atoms. The highest BCUT2D eigenvalue weighted by molar-refractivity contribution is 6.74. The number of aliphatic hydroxyl groups is 1. The first kappa shape index (κ1) is 15.2. The minimum absolute atomic E-state index is 0.0563. The predicted octanol–water partition coefficient (Wildman–Crippen LogP) is 3.80. The fourth-order valence-corrected chi connectivity index (χ4v) is 3.92. The Hall–Kier alpha value is 0.137. The van der Waals surface area contributed by atoms with Crippen molar-refractivity contribution in [3.63, 3.8) is 0 Å². The minimum atomic E-state index is -1.76. The van der Waals surface area contributed by atoms with E-state index >= 15 is 0 Å². The number of rotatable bonds is 3. The van der Waals surface area contributed by atoms with E-state index in [0.29, 0.717) is 11.8 Å². The summed E-state index contributed by atoms with van der Waals surface area (Å²) in [6.45, 7) is 15.7. The summed E-state index contributed by atoms with van der Waals surface area (Å²) in [5.41, 5.74) is 0. The van der Waals surface area contributed by atoms with Gasteiger partial charge < -0.3 is 9.53 Å². The SMILES string of the molecule is CC[C@H]1C[C@@H](O)[C@H](O[Si](C)(C)C(C)(C)C)[C@@H]1C. The van der Waals surface area contributed by atoms with Gasteiger partial charge >= 0.3 is 0 Å². The van der Waals surface area contributed by atoms with Crippen LogP contribution in [-0.4, -0.2) is 25.6 Å². The molecule has 1 N–H and O–H groups in total. The van der Waals surface area contributed by atoms with Crippen LogP contribution >= 0.6 is 0 Å². The molecule has 102 valence electrons. The molecule has 0 radical (unpaired) electrons. The van der Waals surface area contributed by atoms with Gasteiger partial charge in [0, 0.05) is 0 Å². The quantitative estimate of drug-likeness (QED) is 0.780. The van der Waals surface area contributed by atoms with E-state index in [1.54, 1.807) is 0 Å². The van der Waals surface area contributed by atoms with Gasteiger partial charge in [0.05, 0.1) is 12.2 Å². The maximum atomic E-state index is 10.2. The van der Waals surface area contributed by atoms with Crippen LogP contribution in [0.25, 0.3) is 0 Å². The predicted molar refractivity (Wildman–Crippen MR) is 75.6 cm³/mol. The molecular weight excluding hydrogens is 228 g/mol. The van der Waals surface area contributed by atoms with Gasteiger partial charge in [-0.3, -0.25) is 0 Å². The number of hydrogen-bond donors (Lipinski definition) is 1. The van der Waals surface area contributed by atoms with Crippen LogP contribution in [0.1, 0.15) is 47.5 Å². The third kappa shape index (κ3) is 3.12. The first-order chi connectivity index (χ1) is 7.60. The van der Waals surface area contributed by atoms with Crippen LogP contribution < -0.4 is 0 Å². The van der Waals surface area contributed by atoms with Gasteiger partial charge in [-0.2, -0.15) is 0 Å². The Balaban J connectivity index is 2.75. The minimum Gasteiger partial charge on any atom is -0.411 e. The van der Waals surface area contributed by atoms with Crippen molar-refractivity contribution in [2.45, 2.75) is 77.8 Å². The summed E-state index contributed by atoms with van der Waals surface area (Å²) in [7, 11) is -1.76. The molecule has 0 aromatic rings. The van der Waals surface area contributed by atoms with E-state index in [9.17, 15) is 5.11 Å². The molecule has 1 fully saturated rings. The molecule has 0 aliphatic heterocycles. The molecule has 0 unspecified atom stereocenters. The van der Waals surface area contributed by atoms with E-state index in [1.165, 1.54) is 0 Å². The van der Waals surface area contributed by atoms with Crippen molar-refractivity contribution in [2.24, 2.45) is 11.8 Å². The van der Waals surface area contributed by atoms with Crippen LogP contribution in [0.5, 0.6) is 0 Å². The number of hydrogen-bond acceptors (Lipinski definition) is 2. The van der Waals surface area contributed by atoms with Gasteiger partial charge in [0.2, 0.25) is 0 Å². The van der Waals surface area contributed by atoms with Crippen molar-refractivity contribution in [1.82, 2.24) is 0 Å². The van der Waals surface area contributed by atoms with Crippen LogP contribution in [0.15, 0.2) is 0 Å². The third-order valence-electron chi connectivity index (χ3n) is 4.95. The topological polar surface area (TPSA) is 29.5 Å². The average molecular weight is 258 g/mol. The Bertz CT molecular complexity index is 257. The fraction of sp³-hybridized carbons (Fsp3) is 1.00. The monoisotopic (exact) mass is 258 g/mol. The van der Waals surface area contributed by atoms with Crippen LogP contribution in [0, 0.1) is 11.8 Å². The molecule has 0 aromatic heterocycles. The Kier molecular flexibility index (Phi) is 4.49. The highest BCUT2D eigenvalue weighted by Crippen LogP contribution is 2.43. The van der Waals surface area contributed by atoms with E-state index in [2.05, 4.69) is 47.7 Å². The lowest BCUT2D eigenvalue weighted by atomic mass is 9.95. The van der Waals surface area contributed by atoms with E-state index < -0.39 is 8.32 Å². The molecule has 3 heteroatoms. The zero-order valence-corrected chi connectivity index (χ0v) is 13.6. The molecule has 0 spiro atoms. The summed E-state index contributed by atoms with van der Waals surface area (Å²) in [4.78, 5) is 0. The molecule has 1 aliphatic rings. The molecule has 1 saturated carbocycles. The van der Waals surface area contributed by atoms with Crippen LogP contribution in [0.2, 0.25) is 18.1 Å². The first-order valence-electron chi connectivity index (χ1n) is 6.96. The van der Waals surface area contributed by atoms with Crippen molar-refractivity contribution in [3.05, 3.63) is 0 Å². The Morgan fingerprint density at radius 2 is 1.82 bits per heavy atom. The largest absolute Gasteiger partial charge is 0.411 e. The first-order valence-corrected chi connectivity index (χ1v) is 9.87. The highest BCUT2D eigenvalue weighted by atomic mass is 28.4. The second-order valence-corrected chi connectivity index (χ2v) is 11.9. The maximum Gasteiger partial charge on any atom is 0.192 e. The van der Waals surface area contributed by atoms with Gasteiger partial charge in [-0.15, -0.1) is 0 Å². The van der Waals surface area contributed by atoms with E-state index in [4.69, 9.17) is 4.43 Å². The van der Waals surface area contributed by atoms with E-state index in [1.807, 2.05) is 0 Å². The fourth-order valence-electron chi connectivity index (χ4n) is 2.52. The summed E-state index contributed by atoms with van der Waals surface area (Å²) in [5, 5.41) is 10.4. The van der Waals surface area contributed by atoms with Gasteiger partial charge in [-0.05, 0) is 36.4 Å². The van der Waals surface area contributed by atoms with Crippen molar-refractivity contribution >= 4 is 8.32 Å². The lowest BCUT2D eigenvalue weighted by Gasteiger charge is -2.40. The lowest BCUT2D eigenvalue weighted by Crippen LogP contribution is -2.47. The molecule has 4 atom stereocenters. The molecule has 17 heavy (non-hydrogen) atoms. The summed E-state index contributed by atoms with van der Waals surface area (Å²) in [6.07, 6.45) is 1.86. The Morgan fingerprint density at radius 3 is 2.18 bits per heavy atom. The molecule has 1 aliphatic carbocycles. The number of aliphatic hydroxyl groups excluding tert-OH is 1. The second-order valence-electron chi connectivity index (χ2n) is 7.17. The van der Waals surface area contributed by atoms with E-state index in [0.717, 1.165) is 12.8 Å². The average Bonchev–Trinajstić information content (AvgIpc) is 2.43. The van der Waals surface area contributed by atoms with Crippen molar-refractivity contribution in [3.8, 4) is 0 Å². The Labute approximate surface area is 108 Å². The van der Waals surface area contributed by atoms with Crippen molar-refractivity contribution < 1.29 is 9.53 Å². The van der Waals surface area contributed by atoms with Crippen LogP contribution in [0.4, 0.5) is 0 Å². The third-order valence-corrected chi connectivity index (χ3v) is 9.42. The van der Waals surface area contributed by atoms with Gasteiger partial charge in [-0.25, -0.2) is 0 Å². The van der Waals surface area contributed by atoms with Gasteiger partial charge in [0.15, 0.2) is 8.32 Å². The summed E-state index contributed by atoms with van der Waals surface area (Å²) >= 11 is 0. The highest BCUT2D eigenvalue weighted by Gasteiger charge is 2.46. The molecule has 2 nitrogen and oxygen atoms in total. The second kappa shape index (κ2) is 5.02. The zero-order chi connectivity index (χ0) is 13.4. The standard InChI is InChI=1S/C14H30O2Si/c1-8-11-9-12(15)13(10(11)2)16-17(6,7)14(3,4)5/h10-13,15H,8-9H2,1-7H3/t10-,11+,12-,13-/m1/s1. The summed E-state index contributed by atoms with van der Waals surface area (Å²) < 4.78 is 6.41. The van der Waals surface area contributed by atoms with Crippen LogP contribution in [0.3, 0.4) is 0 Å². The lowest BCUT2D eigenvalue weighted by molar-refractivity contribution is 0.0317. The molecule has 0 aromatic carbocycles. The molecular formula is C14H30O2Si. The van der Waals surface area contributed by atoms with Gasteiger partial charge in [0.1, 0.15) is 0 Å². The van der Waals surface area contributed by atoms with E-state index in [-0.39, 0.29) is 17.2 Å². The molecule has 1 rings (SSSR count). The van der Waals surface area contributed by atoms with Crippen LogP contribution in [-0.2, 0) is 4.43 Å². The molecule has 0 heterocycles. The summed E-state index contributed by atoms with van der Waals surface area (Å²) in [6, 6.07) is 0. The molecule has 0 amide bonds. The summed E-state index contributed by atoms with van der Waals surface area (Å²) in [5.74, 6) is 1.11. The van der Waals surface area contributed by atoms with Gasteiger partial charge in [-0.1, -0.05) is 41.0 Å². The Morgan fingerprint density at radius 1 is 1.29 bits per heavy atom. The zero-order valence-electron chi connectivity index (χ0n) is 12.6. The van der Waals surface area contributed by atoms with Gasteiger partial charge in [0.25, 0.3) is 0 Å². The smallest absolute Gasteiger partial charge is 0.192 e.